The lowest BCUT2D eigenvalue weighted by Crippen LogP contribution is -2.42. The fourth-order valence-corrected chi connectivity index (χ4v) is 2.30. The van der Waals surface area contributed by atoms with Gasteiger partial charge in [-0.1, -0.05) is 13.0 Å². The Morgan fingerprint density at radius 1 is 1.40 bits per heavy atom. The fraction of sp³-hybridized carbons (Fsp3) is 0.600. The van der Waals surface area contributed by atoms with Crippen LogP contribution in [0.1, 0.15) is 25.5 Å². The molecule has 0 saturated carbocycles. The SMILES string of the molecule is CC1CCN(C(N)=NCc2cccc(N(C)C)n2)CC1. The molecular formula is C15H25N5. The molecule has 0 radical (unpaired) electrons. The molecule has 1 saturated heterocycles. The van der Waals surface area contributed by atoms with E-state index in [0.717, 1.165) is 30.5 Å². The first-order valence-electron chi connectivity index (χ1n) is 7.24. The van der Waals surface area contributed by atoms with Crippen molar-refractivity contribution in [3.8, 4) is 0 Å². The van der Waals surface area contributed by atoms with Gasteiger partial charge in [-0.05, 0) is 30.9 Å². The molecule has 2 rings (SSSR count). The lowest BCUT2D eigenvalue weighted by molar-refractivity contribution is 0.277. The number of aromatic nitrogens is 1. The third-order valence-electron chi connectivity index (χ3n) is 3.76. The van der Waals surface area contributed by atoms with E-state index < -0.39 is 0 Å². The van der Waals surface area contributed by atoms with Gasteiger partial charge in [-0.2, -0.15) is 0 Å². The molecule has 5 heteroatoms. The number of guanidine groups is 1. The minimum absolute atomic E-state index is 0.541. The lowest BCUT2D eigenvalue weighted by Gasteiger charge is -2.31. The molecule has 0 aromatic carbocycles. The Balaban J connectivity index is 1.96. The Hall–Kier alpha value is -1.78. The molecule has 20 heavy (non-hydrogen) atoms. The molecule has 0 unspecified atom stereocenters. The Bertz CT molecular complexity index is 461. The fourth-order valence-electron chi connectivity index (χ4n) is 2.30. The van der Waals surface area contributed by atoms with Crippen molar-refractivity contribution in [2.45, 2.75) is 26.3 Å². The maximum atomic E-state index is 6.08. The summed E-state index contributed by atoms with van der Waals surface area (Å²) in [5.74, 6) is 2.40. The van der Waals surface area contributed by atoms with Crippen LogP contribution in [0, 0.1) is 5.92 Å². The zero-order valence-electron chi connectivity index (χ0n) is 12.7. The standard InChI is InChI=1S/C15H25N5/c1-12-7-9-20(10-8-12)15(16)17-11-13-5-4-6-14(18-13)19(2)3/h4-6,12H,7-11H2,1-3H3,(H2,16,17). The van der Waals surface area contributed by atoms with Crippen LogP contribution in [-0.4, -0.2) is 43.0 Å². The number of nitrogens with zero attached hydrogens (tertiary/aromatic N) is 4. The number of pyridine rings is 1. The van der Waals surface area contributed by atoms with Gasteiger partial charge in [-0.25, -0.2) is 9.98 Å². The summed E-state index contributed by atoms with van der Waals surface area (Å²) in [7, 11) is 3.97. The van der Waals surface area contributed by atoms with Crippen molar-refractivity contribution < 1.29 is 0 Å². The highest BCUT2D eigenvalue weighted by atomic mass is 15.3. The zero-order chi connectivity index (χ0) is 14.5. The Labute approximate surface area is 121 Å². The first-order chi connectivity index (χ1) is 9.56. The molecule has 0 bridgehead atoms. The first kappa shape index (κ1) is 14.6. The van der Waals surface area contributed by atoms with Gasteiger partial charge in [0, 0.05) is 27.2 Å². The summed E-state index contributed by atoms with van der Waals surface area (Å²) < 4.78 is 0. The maximum Gasteiger partial charge on any atom is 0.191 e. The van der Waals surface area contributed by atoms with E-state index in [9.17, 15) is 0 Å². The predicted molar refractivity (Wildman–Crippen MR) is 83.9 cm³/mol. The topological polar surface area (TPSA) is 57.8 Å². The Morgan fingerprint density at radius 3 is 2.75 bits per heavy atom. The zero-order valence-corrected chi connectivity index (χ0v) is 12.7. The summed E-state index contributed by atoms with van der Waals surface area (Å²) in [6, 6.07) is 5.98. The number of hydrogen-bond donors (Lipinski definition) is 1. The molecule has 0 atom stereocenters. The van der Waals surface area contributed by atoms with E-state index in [1.807, 2.05) is 37.2 Å². The van der Waals surface area contributed by atoms with Crippen molar-refractivity contribution >= 4 is 11.8 Å². The summed E-state index contributed by atoms with van der Waals surface area (Å²) in [6.07, 6.45) is 2.40. The van der Waals surface area contributed by atoms with Crippen molar-refractivity contribution in [1.29, 1.82) is 0 Å². The van der Waals surface area contributed by atoms with Gasteiger partial charge >= 0.3 is 0 Å². The molecule has 0 aliphatic carbocycles. The molecule has 1 fully saturated rings. The molecular weight excluding hydrogens is 250 g/mol. The molecule has 1 aromatic heterocycles. The van der Waals surface area contributed by atoms with Crippen LogP contribution >= 0.6 is 0 Å². The van der Waals surface area contributed by atoms with E-state index in [1.54, 1.807) is 0 Å². The van der Waals surface area contributed by atoms with Crippen LogP contribution in [0.4, 0.5) is 5.82 Å². The first-order valence-corrected chi connectivity index (χ1v) is 7.24. The average molecular weight is 275 g/mol. The minimum atomic E-state index is 0.541. The Morgan fingerprint density at radius 2 is 2.10 bits per heavy atom. The van der Waals surface area contributed by atoms with Crippen LogP contribution in [0.5, 0.6) is 0 Å². The van der Waals surface area contributed by atoms with Gasteiger partial charge in [-0.15, -0.1) is 0 Å². The average Bonchev–Trinajstić information content (AvgIpc) is 2.46. The maximum absolute atomic E-state index is 6.08. The Kier molecular flexibility index (Phi) is 4.82. The second kappa shape index (κ2) is 6.59. The van der Waals surface area contributed by atoms with Gasteiger partial charge in [0.05, 0.1) is 12.2 Å². The quantitative estimate of drug-likeness (QED) is 0.674. The van der Waals surface area contributed by atoms with Gasteiger partial charge in [0.15, 0.2) is 5.96 Å². The number of likely N-dealkylation sites (tertiary alicyclic amines) is 1. The number of anilines is 1. The largest absolute Gasteiger partial charge is 0.370 e. The monoisotopic (exact) mass is 275 g/mol. The molecule has 0 amide bonds. The molecule has 2 N–H and O–H groups in total. The number of hydrogen-bond acceptors (Lipinski definition) is 3. The predicted octanol–water partition coefficient (Wildman–Crippen LogP) is 1.69. The number of aliphatic imine (C=N–C) groups is 1. The molecule has 1 aromatic rings. The van der Waals surface area contributed by atoms with Gasteiger partial charge in [0.2, 0.25) is 0 Å². The third-order valence-corrected chi connectivity index (χ3v) is 3.76. The van der Waals surface area contributed by atoms with Gasteiger partial charge in [0.25, 0.3) is 0 Å². The summed E-state index contributed by atoms with van der Waals surface area (Å²) >= 11 is 0. The molecule has 110 valence electrons. The summed E-state index contributed by atoms with van der Waals surface area (Å²) in [6.45, 7) is 4.87. The second-order valence-electron chi connectivity index (χ2n) is 5.73. The normalized spacial score (nSPS) is 17.4. The van der Waals surface area contributed by atoms with Crippen LogP contribution in [0.2, 0.25) is 0 Å². The highest BCUT2D eigenvalue weighted by molar-refractivity contribution is 5.78. The molecule has 5 nitrogen and oxygen atoms in total. The second-order valence-corrected chi connectivity index (χ2v) is 5.73. The summed E-state index contributed by atoms with van der Waals surface area (Å²) in [4.78, 5) is 13.2. The van der Waals surface area contributed by atoms with Crippen molar-refractivity contribution in [2.24, 2.45) is 16.6 Å². The van der Waals surface area contributed by atoms with Gasteiger partial charge in [-0.3, -0.25) is 0 Å². The number of nitrogens with two attached hydrogens (primary N) is 1. The van der Waals surface area contributed by atoms with E-state index in [1.165, 1.54) is 12.8 Å². The van der Waals surface area contributed by atoms with E-state index in [-0.39, 0.29) is 0 Å². The van der Waals surface area contributed by atoms with E-state index >= 15 is 0 Å². The highest BCUT2D eigenvalue weighted by Gasteiger charge is 2.16. The van der Waals surface area contributed by atoms with Crippen LogP contribution in [-0.2, 0) is 6.54 Å². The number of rotatable bonds is 3. The van der Waals surface area contributed by atoms with Crippen molar-refractivity contribution in [2.75, 3.05) is 32.1 Å². The smallest absolute Gasteiger partial charge is 0.191 e. The third kappa shape index (κ3) is 3.85. The molecule has 1 aliphatic heterocycles. The van der Waals surface area contributed by atoms with Gasteiger partial charge < -0.3 is 15.5 Å². The van der Waals surface area contributed by atoms with Crippen molar-refractivity contribution in [3.05, 3.63) is 23.9 Å². The van der Waals surface area contributed by atoms with Crippen LogP contribution in [0.25, 0.3) is 0 Å². The van der Waals surface area contributed by atoms with Crippen LogP contribution in [0.3, 0.4) is 0 Å². The van der Waals surface area contributed by atoms with Crippen molar-refractivity contribution in [3.63, 3.8) is 0 Å². The minimum Gasteiger partial charge on any atom is -0.370 e. The van der Waals surface area contributed by atoms with Crippen molar-refractivity contribution in [1.82, 2.24) is 9.88 Å². The summed E-state index contributed by atoms with van der Waals surface area (Å²) in [5, 5.41) is 0. The number of piperidine rings is 1. The van der Waals surface area contributed by atoms with Gasteiger partial charge in [0.1, 0.15) is 5.82 Å². The van der Waals surface area contributed by atoms with E-state index in [4.69, 9.17) is 5.73 Å². The van der Waals surface area contributed by atoms with Crippen LogP contribution < -0.4 is 10.6 Å². The summed E-state index contributed by atoms with van der Waals surface area (Å²) in [5.41, 5.74) is 7.03. The lowest BCUT2D eigenvalue weighted by atomic mass is 10.00. The van der Waals surface area contributed by atoms with E-state index in [2.05, 4.69) is 21.8 Å². The molecule has 1 aliphatic rings. The molecule has 2 heterocycles. The van der Waals surface area contributed by atoms with Crippen LogP contribution in [0.15, 0.2) is 23.2 Å². The van der Waals surface area contributed by atoms with E-state index in [0.29, 0.717) is 12.5 Å². The highest BCUT2D eigenvalue weighted by Crippen LogP contribution is 2.15. The molecule has 0 spiro atoms.